The van der Waals surface area contributed by atoms with Crippen molar-refractivity contribution >= 4 is 5.78 Å². The molecule has 0 unspecified atom stereocenters. The number of rotatable bonds is 0. The molecule has 23 heavy (non-hydrogen) atoms. The number of hydrogen-bond acceptors (Lipinski definition) is 3. The summed E-state index contributed by atoms with van der Waals surface area (Å²) in [5, 5.41) is 20.9. The van der Waals surface area contributed by atoms with Crippen LogP contribution in [0.25, 0.3) is 0 Å². The fraction of sp³-hybridized carbons (Fsp3) is 0.947. The lowest BCUT2D eigenvalue weighted by Crippen LogP contribution is -2.69. The van der Waals surface area contributed by atoms with Crippen LogP contribution in [0.5, 0.6) is 0 Å². The van der Waals surface area contributed by atoms with Crippen LogP contribution in [0, 0.1) is 28.6 Å². The molecule has 0 amide bonds. The summed E-state index contributed by atoms with van der Waals surface area (Å²) in [6, 6.07) is 0. The smallest absolute Gasteiger partial charge is 0.145 e. The Morgan fingerprint density at radius 1 is 1.09 bits per heavy atom. The zero-order chi connectivity index (χ0) is 16.6. The third-order valence-corrected chi connectivity index (χ3v) is 8.42. The number of hydrogen-bond donors (Lipinski definition) is 2. The van der Waals surface area contributed by atoms with Gasteiger partial charge < -0.3 is 10.2 Å². The Morgan fingerprint density at radius 3 is 2.57 bits per heavy atom. The molecule has 8 atom stereocenters. The standard InChI is InChI=1S/C19H29FO3/c1-17-10-16(23)19(20)14(13(17)5-6-15(17)22)4-3-11-9-12(21)7-8-18(11,19)2/h11-14,16,21,23H,3-10H2,1-2H3/t11-,12+,13+,14+,16+,17-,18-,19-/m0/s1. The van der Waals surface area contributed by atoms with E-state index in [1.807, 2.05) is 13.8 Å². The zero-order valence-electron chi connectivity index (χ0n) is 14.2. The van der Waals surface area contributed by atoms with Crippen LogP contribution in [0.2, 0.25) is 0 Å². The highest BCUT2D eigenvalue weighted by atomic mass is 19.1. The van der Waals surface area contributed by atoms with E-state index in [1.54, 1.807) is 0 Å². The molecule has 130 valence electrons. The van der Waals surface area contributed by atoms with Crippen molar-refractivity contribution < 1.29 is 19.4 Å². The number of aliphatic hydroxyl groups is 2. The van der Waals surface area contributed by atoms with Crippen molar-refractivity contribution in [2.75, 3.05) is 0 Å². The van der Waals surface area contributed by atoms with E-state index in [2.05, 4.69) is 0 Å². The van der Waals surface area contributed by atoms with Gasteiger partial charge in [-0.3, -0.25) is 4.79 Å². The second-order valence-corrected chi connectivity index (χ2v) is 9.20. The lowest BCUT2D eigenvalue weighted by atomic mass is 9.43. The number of halogens is 1. The molecule has 4 saturated carbocycles. The molecular weight excluding hydrogens is 295 g/mol. The molecule has 0 aromatic carbocycles. The summed E-state index contributed by atoms with van der Waals surface area (Å²) in [5.74, 6) is 0.228. The molecule has 0 aromatic heterocycles. The van der Waals surface area contributed by atoms with Gasteiger partial charge in [-0.05, 0) is 62.7 Å². The highest BCUT2D eigenvalue weighted by Crippen LogP contribution is 2.68. The molecule has 2 N–H and O–H groups in total. The van der Waals surface area contributed by atoms with Crippen LogP contribution in [-0.2, 0) is 4.79 Å². The number of carbonyl (C=O) groups excluding carboxylic acids is 1. The molecule has 3 nitrogen and oxygen atoms in total. The molecule has 4 fully saturated rings. The maximum atomic E-state index is 16.6. The number of Topliss-reactive ketones (excluding diaryl/α,β-unsaturated/α-hetero) is 1. The summed E-state index contributed by atoms with van der Waals surface area (Å²) in [5.41, 5.74) is -2.70. The highest BCUT2D eigenvalue weighted by molar-refractivity contribution is 5.87. The third kappa shape index (κ3) is 1.80. The predicted octanol–water partition coefficient (Wildman–Crippen LogP) is 3.02. The highest BCUT2D eigenvalue weighted by Gasteiger charge is 2.71. The summed E-state index contributed by atoms with van der Waals surface area (Å²) in [7, 11) is 0. The Labute approximate surface area is 137 Å². The Hall–Kier alpha value is -0.480. The minimum absolute atomic E-state index is 0.0769. The number of carbonyl (C=O) groups is 1. The van der Waals surface area contributed by atoms with Gasteiger partial charge in [-0.25, -0.2) is 4.39 Å². The monoisotopic (exact) mass is 324 g/mol. The molecule has 4 heteroatoms. The minimum atomic E-state index is -1.61. The van der Waals surface area contributed by atoms with Crippen LogP contribution in [0.15, 0.2) is 0 Å². The van der Waals surface area contributed by atoms with Gasteiger partial charge in [0.05, 0.1) is 12.2 Å². The van der Waals surface area contributed by atoms with Crippen LogP contribution in [-0.4, -0.2) is 33.9 Å². The van der Waals surface area contributed by atoms with Crippen molar-refractivity contribution in [3.8, 4) is 0 Å². The van der Waals surface area contributed by atoms with Gasteiger partial charge in [-0.15, -0.1) is 0 Å². The maximum absolute atomic E-state index is 16.6. The van der Waals surface area contributed by atoms with Crippen molar-refractivity contribution in [3.63, 3.8) is 0 Å². The first kappa shape index (κ1) is 16.0. The topological polar surface area (TPSA) is 57.5 Å². The normalized spacial score (nSPS) is 59.2. The number of ketones is 1. The zero-order valence-corrected chi connectivity index (χ0v) is 14.2. The summed E-state index contributed by atoms with van der Waals surface area (Å²) in [6.07, 6.45) is 3.79. The average molecular weight is 324 g/mol. The van der Waals surface area contributed by atoms with Gasteiger partial charge in [-0.2, -0.15) is 0 Å². The van der Waals surface area contributed by atoms with Crippen LogP contribution >= 0.6 is 0 Å². The Kier molecular flexibility index (Phi) is 3.33. The van der Waals surface area contributed by atoms with E-state index in [4.69, 9.17) is 0 Å². The summed E-state index contributed by atoms with van der Waals surface area (Å²) < 4.78 is 16.6. The first-order chi connectivity index (χ1) is 10.7. The van der Waals surface area contributed by atoms with E-state index in [1.165, 1.54) is 0 Å². The van der Waals surface area contributed by atoms with E-state index < -0.39 is 22.6 Å². The molecule has 0 radical (unpaired) electrons. The SMILES string of the molecule is C[C@]12CC[C@@H](O)C[C@@H]1CC[C@@H]1[C@H]3CCC(=O)[C@@]3(C)C[C@@H](O)[C@@]12F. The largest absolute Gasteiger partial charge is 0.393 e. The molecule has 0 aromatic rings. The quantitative estimate of drug-likeness (QED) is 0.720. The average Bonchev–Trinajstić information content (AvgIpc) is 2.77. The van der Waals surface area contributed by atoms with E-state index in [9.17, 15) is 15.0 Å². The summed E-state index contributed by atoms with van der Waals surface area (Å²) in [4.78, 5) is 12.4. The van der Waals surface area contributed by atoms with Crippen molar-refractivity contribution in [1.29, 1.82) is 0 Å². The molecule has 4 aliphatic rings. The van der Waals surface area contributed by atoms with Gasteiger partial charge in [-0.1, -0.05) is 13.8 Å². The minimum Gasteiger partial charge on any atom is -0.393 e. The molecule has 0 heterocycles. The molecule has 4 aliphatic carbocycles. The van der Waals surface area contributed by atoms with Gasteiger partial charge in [0.15, 0.2) is 0 Å². The lowest BCUT2D eigenvalue weighted by molar-refractivity contribution is -0.244. The fourth-order valence-corrected chi connectivity index (χ4v) is 7.01. The number of alkyl halides is 1. The lowest BCUT2D eigenvalue weighted by Gasteiger charge is -2.64. The molecule has 0 saturated heterocycles. The first-order valence-corrected chi connectivity index (χ1v) is 9.32. The van der Waals surface area contributed by atoms with Crippen LogP contribution in [0.3, 0.4) is 0 Å². The van der Waals surface area contributed by atoms with Crippen LogP contribution in [0.4, 0.5) is 4.39 Å². The maximum Gasteiger partial charge on any atom is 0.145 e. The Balaban J connectivity index is 1.76. The molecule has 0 aliphatic heterocycles. The van der Waals surface area contributed by atoms with Crippen molar-refractivity contribution in [2.45, 2.75) is 83.1 Å². The van der Waals surface area contributed by atoms with Crippen LogP contribution < -0.4 is 0 Å². The van der Waals surface area contributed by atoms with Gasteiger partial charge in [0.1, 0.15) is 11.5 Å². The predicted molar refractivity (Wildman–Crippen MR) is 84.5 cm³/mol. The Morgan fingerprint density at radius 2 is 1.83 bits per heavy atom. The van der Waals surface area contributed by atoms with Crippen molar-refractivity contribution in [1.82, 2.24) is 0 Å². The van der Waals surface area contributed by atoms with Gasteiger partial charge in [0, 0.05) is 17.3 Å². The Bertz CT molecular complexity index is 537. The molecule has 0 bridgehead atoms. The second-order valence-electron chi connectivity index (χ2n) is 9.20. The van der Waals surface area contributed by atoms with Crippen molar-refractivity contribution in [2.24, 2.45) is 28.6 Å². The van der Waals surface area contributed by atoms with Gasteiger partial charge >= 0.3 is 0 Å². The van der Waals surface area contributed by atoms with Gasteiger partial charge in [0.25, 0.3) is 0 Å². The second kappa shape index (κ2) is 4.78. The molecule has 4 rings (SSSR count). The van der Waals surface area contributed by atoms with Crippen molar-refractivity contribution in [3.05, 3.63) is 0 Å². The van der Waals surface area contributed by atoms with Gasteiger partial charge in [0.2, 0.25) is 0 Å². The summed E-state index contributed by atoms with van der Waals surface area (Å²) in [6.45, 7) is 3.95. The van der Waals surface area contributed by atoms with E-state index in [0.717, 1.165) is 19.3 Å². The number of aliphatic hydroxyl groups excluding tert-OH is 2. The molecular formula is C19H29FO3. The van der Waals surface area contributed by atoms with E-state index in [-0.39, 0.29) is 36.1 Å². The first-order valence-electron chi connectivity index (χ1n) is 9.32. The third-order valence-electron chi connectivity index (χ3n) is 8.42. The van der Waals surface area contributed by atoms with Crippen LogP contribution in [0.1, 0.15) is 65.2 Å². The van der Waals surface area contributed by atoms with E-state index in [0.29, 0.717) is 25.7 Å². The van der Waals surface area contributed by atoms with E-state index >= 15 is 4.39 Å². The summed E-state index contributed by atoms with van der Waals surface area (Å²) >= 11 is 0. The molecule has 0 spiro atoms. The number of fused-ring (bicyclic) bond motifs is 5. The fourth-order valence-electron chi connectivity index (χ4n) is 7.01.